The first-order chi connectivity index (χ1) is 14.3. The van der Waals surface area contributed by atoms with E-state index in [1.54, 1.807) is 48.9 Å². The van der Waals surface area contributed by atoms with Crippen molar-refractivity contribution in [2.45, 2.75) is 13.1 Å². The highest BCUT2D eigenvalue weighted by atomic mass is 16.5. The first kappa shape index (κ1) is 18.4. The first-order valence-electron chi connectivity index (χ1n) is 9.28. The van der Waals surface area contributed by atoms with Gasteiger partial charge in [0.25, 0.3) is 5.91 Å². The highest BCUT2D eigenvalue weighted by Gasteiger charge is 2.06. The van der Waals surface area contributed by atoms with Crippen LogP contribution in [-0.2, 0) is 13.1 Å². The number of aromatic nitrogens is 3. The molecule has 2 aromatic carbocycles. The van der Waals surface area contributed by atoms with Crippen molar-refractivity contribution in [2.75, 3.05) is 0 Å². The van der Waals surface area contributed by atoms with Gasteiger partial charge >= 0.3 is 0 Å². The number of carbonyl (C=O) groups is 1. The fraction of sp³-hybridized carbons (Fsp3) is 0.0870. The van der Waals surface area contributed by atoms with Crippen molar-refractivity contribution in [2.24, 2.45) is 0 Å². The van der Waals surface area contributed by atoms with Crippen LogP contribution in [0.5, 0.6) is 11.5 Å². The van der Waals surface area contributed by atoms with E-state index in [0.717, 1.165) is 17.7 Å². The van der Waals surface area contributed by atoms with Gasteiger partial charge in [0.2, 0.25) is 0 Å². The Labute approximate surface area is 168 Å². The lowest BCUT2D eigenvalue weighted by atomic mass is 10.1. The Morgan fingerprint density at radius 3 is 2.38 bits per heavy atom. The van der Waals surface area contributed by atoms with Crippen molar-refractivity contribution >= 4 is 5.91 Å². The number of nitrogens with one attached hydrogen (secondary N) is 1. The molecule has 144 valence electrons. The minimum Gasteiger partial charge on any atom is -0.456 e. The Kier molecular flexibility index (Phi) is 5.62. The molecule has 0 saturated heterocycles. The summed E-state index contributed by atoms with van der Waals surface area (Å²) in [6, 6.07) is 20.7. The topological polar surface area (TPSA) is 69.0 Å². The number of carbonyl (C=O) groups excluding carboxylic acids is 1. The Morgan fingerprint density at radius 2 is 1.69 bits per heavy atom. The molecule has 0 aliphatic heterocycles. The van der Waals surface area contributed by atoms with Gasteiger partial charge in [-0.3, -0.25) is 14.5 Å². The van der Waals surface area contributed by atoms with Crippen molar-refractivity contribution in [3.63, 3.8) is 0 Å². The van der Waals surface area contributed by atoms with Crippen LogP contribution < -0.4 is 10.1 Å². The summed E-state index contributed by atoms with van der Waals surface area (Å²) in [5.41, 5.74) is 2.78. The van der Waals surface area contributed by atoms with Crippen LogP contribution in [0.1, 0.15) is 21.5 Å². The van der Waals surface area contributed by atoms with E-state index in [1.807, 2.05) is 47.3 Å². The third kappa shape index (κ3) is 5.07. The molecular formula is C23H20N4O2. The summed E-state index contributed by atoms with van der Waals surface area (Å²) in [6.07, 6.45) is 7.02. The Balaban J connectivity index is 1.30. The molecule has 0 spiro atoms. The summed E-state index contributed by atoms with van der Waals surface area (Å²) in [5, 5.41) is 7.15. The van der Waals surface area contributed by atoms with E-state index in [0.29, 0.717) is 23.6 Å². The Hall–Kier alpha value is -3.93. The van der Waals surface area contributed by atoms with Crippen molar-refractivity contribution in [3.8, 4) is 11.5 Å². The predicted molar refractivity (Wildman–Crippen MR) is 110 cm³/mol. The maximum absolute atomic E-state index is 12.4. The largest absolute Gasteiger partial charge is 0.456 e. The molecule has 1 N–H and O–H groups in total. The molecule has 1 amide bonds. The maximum Gasteiger partial charge on any atom is 0.251 e. The first-order valence-corrected chi connectivity index (χ1v) is 9.28. The summed E-state index contributed by atoms with van der Waals surface area (Å²) in [4.78, 5) is 16.4. The molecule has 0 aliphatic rings. The van der Waals surface area contributed by atoms with Crippen LogP contribution in [-0.4, -0.2) is 20.7 Å². The second-order valence-electron chi connectivity index (χ2n) is 6.52. The van der Waals surface area contributed by atoms with Gasteiger partial charge in [0.05, 0.1) is 12.7 Å². The van der Waals surface area contributed by atoms with Gasteiger partial charge in [0.1, 0.15) is 11.5 Å². The zero-order valence-electron chi connectivity index (χ0n) is 15.7. The van der Waals surface area contributed by atoms with E-state index in [2.05, 4.69) is 15.4 Å². The molecule has 2 aromatic heterocycles. The molecule has 4 aromatic rings. The molecule has 0 radical (unpaired) electrons. The normalized spacial score (nSPS) is 10.5. The molecule has 2 heterocycles. The van der Waals surface area contributed by atoms with Crippen molar-refractivity contribution in [3.05, 3.63) is 108 Å². The van der Waals surface area contributed by atoms with Crippen LogP contribution in [0.4, 0.5) is 0 Å². The molecule has 6 heteroatoms. The highest BCUT2D eigenvalue weighted by molar-refractivity contribution is 5.94. The van der Waals surface area contributed by atoms with Crippen LogP contribution in [0, 0.1) is 0 Å². The van der Waals surface area contributed by atoms with Gasteiger partial charge in [-0.05, 0) is 53.6 Å². The van der Waals surface area contributed by atoms with Gasteiger partial charge in [0.15, 0.2) is 0 Å². The van der Waals surface area contributed by atoms with Crippen molar-refractivity contribution < 1.29 is 9.53 Å². The Morgan fingerprint density at radius 1 is 0.897 bits per heavy atom. The molecule has 0 saturated carbocycles. The molecule has 29 heavy (non-hydrogen) atoms. The maximum atomic E-state index is 12.4. The number of hydrogen-bond acceptors (Lipinski definition) is 4. The fourth-order valence-corrected chi connectivity index (χ4v) is 2.85. The number of pyridine rings is 1. The minimum atomic E-state index is -0.126. The van der Waals surface area contributed by atoms with E-state index >= 15 is 0 Å². The predicted octanol–water partition coefficient (Wildman–Crippen LogP) is 4.05. The van der Waals surface area contributed by atoms with Gasteiger partial charge < -0.3 is 10.1 Å². The monoisotopic (exact) mass is 384 g/mol. The number of amides is 1. The van der Waals surface area contributed by atoms with E-state index in [1.165, 1.54) is 0 Å². The summed E-state index contributed by atoms with van der Waals surface area (Å²) in [5.74, 6) is 1.18. The summed E-state index contributed by atoms with van der Waals surface area (Å²) >= 11 is 0. The third-order valence-corrected chi connectivity index (χ3v) is 4.37. The van der Waals surface area contributed by atoms with Gasteiger partial charge in [-0.25, -0.2) is 0 Å². The molecule has 0 atom stereocenters. The quantitative estimate of drug-likeness (QED) is 0.522. The van der Waals surface area contributed by atoms with Crippen LogP contribution >= 0.6 is 0 Å². The number of benzene rings is 2. The third-order valence-electron chi connectivity index (χ3n) is 4.37. The van der Waals surface area contributed by atoms with E-state index in [9.17, 15) is 4.79 Å². The zero-order chi connectivity index (χ0) is 19.9. The molecule has 4 rings (SSSR count). The van der Waals surface area contributed by atoms with Crippen molar-refractivity contribution in [1.29, 1.82) is 0 Å². The van der Waals surface area contributed by atoms with Gasteiger partial charge in [0, 0.05) is 30.7 Å². The van der Waals surface area contributed by atoms with Crippen LogP contribution in [0.25, 0.3) is 0 Å². The van der Waals surface area contributed by atoms with Crippen LogP contribution in [0.3, 0.4) is 0 Å². The standard InChI is InChI=1S/C23H20N4O2/c28-23(20-8-10-21(11-9-20)29-22-3-1-12-24-16-22)25-15-18-4-6-19(7-5-18)17-27-14-2-13-26-27/h1-14,16H,15,17H2,(H,25,28). The molecule has 6 nitrogen and oxygen atoms in total. The zero-order valence-corrected chi connectivity index (χ0v) is 15.7. The van der Waals surface area contributed by atoms with Crippen LogP contribution in [0.15, 0.2) is 91.5 Å². The van der Waals surface area contributed by atoms with E-state index < -0.39 is 0 Å². The van der Waals surface area contributed by atoms with Crippen molar-refractivity contribution in [1.82, 2.24) is 20.1 Å². The second-order valence-corrected chi connectivity index (χ2v) is 6.52. The summed E-state index contributed by atoms with van der Waals surface area (Å²) < 4.78 is 7.56. The molecule has 0 aliphatic carbocycles. The molecule has 0 fully saturated rings. The Bertz CT molecular complexity index is 1040. The number of rotatable bonds is 7. The smallest absolute Gasteiger partial charge is 0.251 e. The number of nitrogens with zero attached hydrogens (tertiary/aromatic N) is 3. The summed E-state index contributed by atoms with van der Waals surface area (Å²) in [7, 11) is 0. The average molecular weight is 384 g/mol. The van der Waals surface area contributed by atoms with Gasteiger partial charge in [-0.1, -0.05) is 24.3 Å². The lowest BCUT2D eigenvalue weighted by Gasteiger charge is -2.08. The van der Waals surface area contributed by atoms with Gasteiger partial charge in [-0.2, -0.15) is 5.10 Å². The second kappa shape index (κ2) is 8.84. The molecule has 0 unspecified atom stereocenters. The summed E-state index contributed by atoms with van der Waals surface area (Å²) in [6.45, 7) is 1.20. The average Bonchev–Trinajstić information content (AvgIpc) is 3.27. The number of hydrogen-bond donors (Lipinski definition) is 1. The van der Waals surface area contributed by atoms with Crippen LogP contribution in [0.2, 0.25) is 0 Å². The lowest BCUT2D eigenvalue weighted by Crippen LogP contribution is -2.22. The fourth-order valence-electron chi connectivity index (χ4n) is 2.85. The number of ether oxygens (including phenoxy) is 1. The van der Waals surface area contributed by atoms with E-state index in [4.69, 9.17) is 4.74 Å². The minimum absolute atomic E-state index is 0.126. The SMILES string of the molecule is O=C(NCc1ccc(Cn2cccn2)cc1)c1ccc(Oc2cccnc2)cc1. The highest BCUT2D eigenvalue weighted by Crippen LogP contribution is 2.20. The van der Waals surface area contributed by atoms with Gasteiger partial charge in [-0.15, -0.1) is 0 Å². The molecule has 0 bridgehead atoms. The lowest BCUT2D eigenvalue weighted by molar-refractivity contribution is 0.0951. The van der Waals surface area contributed by atoms with E-state index in [-0.39, 0.29) is 5.91 Å². The molecular weight excluding hydrogens is 364 g/mol.